The highest BCUT2D eigenvalue weighted by molar-refractivity contribution is 5.87. The smallest absolute Gasteiger partial charge is 0.229 e. The number of primary amides is 1. The van der Waals surface area contributed by atoms with E-state index in [1.54, 1.807) is 0 Å². The standard InChI is InChI=1S/C25H29N3O/c1-18(2)17-25(12-13-26,24(27)29)23-5-3-4-22(16-23)20-8-6-19(7-9-20)21-10-14-28-15-11-21/h3-10,16,18,28H,11-12,14-15,17H2,1-2H3,(H2,27,29). The number of hydrogen-bond acceptors (Lipinski definition) is 3. The maximum Gasteiger partial charge on any atom is 0.229 e. The maximum atomic E-state index is 12.5. The van der Waals surface area contributed by atoms with Crippen LogP contribution in [0.5, 0.6) is 0 Å². The average molecular weight is 388 g/mol. The van der Waals surface area contributed by atoms with Crippen molar-refractivity contribution in [2.75, 3.05) is 13.1 Å². The van der Waals surface area contributed by atoms with E-state index in [2.05, 4.69) is 41.7 Å². The Hall–Kier alpha value is -2.90. The van der Waals surface area contributed by atoms with Gasteiger partial charge in [0.15, 0.2) is 0 Å². The zero-order valence-corrected chi connectivity index (χ0v) is 17.2. The Morgan fingerprint density at radius 1 is 1.17 bits per heavy atom. The molecular formula is C25H29N3O. The summed E-state index contributed by atoms with van der Waals surface area (Å²) in [5.74, 6) is -0.185. The van der Waals surface area contributed by atoms with Gasteiger partial charge >= 0.3 is 0 Å². The lowest BCUT2D eigenvalue weighted by molar-refractivity contribution is -0.124. The molecule has 3 N–H and O–H groups in total. The van der Waals surface area contributed by atoms with E-state index in [4.69, 9.17) is 5.73 Å². The number of carbonyl (C=O) groups is 1. The molecule has 1 unspecified atom stereocenters. The van der Waals surface area contributed by atoms with Gasteiger partial charge in [0.05, 0.1) is 17.9 Å². The Balaban J connectivity index is 1.96. The number of nitrogens with one attached hydrogen (secondary N) is 1. The number of benzene rings is 2. The highest BCUT2D eigenvalue weighted by atomic mass is 16.1. The third-order valence-electron chi connectivity index (χ3n) is 5.68. The van der Waals surface area contributed by atoms with Crippen LogP contribution in [0, 0.1) is 17.2 Å². The van der Waals surface area contributed by atoms with Gasteiger partial charge in [0.2, 0.25) is 5.91 Å². The van der Waals surface area contributed by atoms with Crippen molar-refractivity contribution < 1.29 is 4.79 Å². The molecule has 3 rings (SSSR count). The van der Waals surface area contributed by atoms with Crippen LogP contribution in [0.15, 0.2) is 54.6 Å². The zero-order valence-electron chi connectivity index (χ0n) is 17.2. The second-order valence-corrected chi connectivity index (χ2v) is 8.22. The number of carbonyl (C=O) groups excluding carboxylic acids is 1. The Bertz CT molecular complexity index is 937. The van der Waals surface area contributed by atoms with Crippen molar-refractivity contribution in [1.82, 2.24) is 5.32 Å². The quantitative estimate of drug-likeness (QED) is 0.738. The molecule has 4 nitrogen and oxygen atoms in total. The molecule has 4 heteroatoms. The first-order valence-electron chi connectivity index (χ1n) is 10.2. The summed E-state index contributed by atoms with van der Waals surface area (Å²) in [5.41, 5.74) is 10.4. The second kappa shape index (κ2) is 9.07. The summed E-state index contributed by atoms with van der Waals surface area (Å²) in [6.45, 7) is 6.03. The third-order valence-corrected chi connectivity index (χ3v) is 5.68. The van der Waals surface area contributed by atoms with Crippen LogP contribution in [0.3, 0.4) is 0 Å². The van der Waals surface area contributed by atoms with E-state index in [9.17, 15) is 10.1 Å². The van der Waals surface area contributed by atoms with E-state index in [1.807, 2.05) is 38.1 Å². The molecule has 1 amide bonds. The number of nitrogens with zero attached hydrogens (tertiary/aromatic N) is 1. The molecule has 1 atom stereocenters. The summed E-state index contributed by atoms with van der Waals surface area (Å²) in [7, 11) is 0. The van der Waals surface area contributed by atoms with Gasteiger partial charge in [-0.15, -0.1) is 0 Å². The number of nitriles is 1. The summed E-state index contributed by atoms with van der Waals surface area (Å²) < 4.78 is 0. The first-order valence-corrected chi connectivity index (χ1v) is 10.2. The molecule has 0 saturated carbocycles. The van der Waals surface area contributed by atoms with Gasteiger partial charge in [-0.1, -0.05) is 68.5 Å². The van der Waals surface area contributed by atoms with Gasteiger partial charge in [0.1, 0.15) is 0 Å². The van der Waals surface area contributed by atoms with E-state index in [0.717, 1.165) is 36.2 Å². The summed E-state index contributed by atoms with van der Waals surface area (Å²) in [6.07, 6.45) is 3.93. The van der Waals surface area contributed by atoms with Gasteiger partial charge < -0.3 is 11.1 Å². The topological polar surface area (TPSA) is 78.9 Å². The van der Waals surface area contributed by atoms with Crippen LogP contribution < -0.4 is 11.1 Å². The molecule has 0 radical (unpaired) electrons. The van der Waals surface area contributed by atoms with Crippen molar-refractivity contribution in [2.45, 2.75) is 38.5 Å². The van der Waals surface area contributed by atoms with Crippen LogP contribution in [-0.2, 0) is 10.2 Å². The highest BCUT2D eigenvalue weighted by Gasteiger charge is 2.39. The van der Waals surface area contributed by atoms with E-state index >= 15 is 0 Å². The van der Waals surface area contributed by atoms with Gasteiger partial charge in [-0.2, -0.15) is 5.26 Å². The predicted octanol–water partition coefficient (Wildman–Crippen LogP) is 4.41. The van der Waals surface area contributed by atoms with Crippen LogP contribution in [0.2, 0.25) is 0 Å². The van der Waals surface area contributed by atoms with Crippen LogP contribution in [-0.4, -0.2) is 19.0 Å². The van der Waals surface area contributed by atoms with Gasteiger partial charge in [0.25, 0.3) is 0 Å². The zero-order chi connectivity index (χ0) is 20.9. The molecule has 1 aliphatic rings. The van der Waals surface area contributed by atoms with Crippen LogP contribution in [0.4, 0.5) is 0 Å². The molecule has 0 aliphatic carbocycles. The van der Waals surface area contributed by atoms with E-state index in [1.165, 1.54) is 11.1 Å². The predicted molar refractivity (Wildman–Crippen MR) is 118 cm³/mol. The number of amides is 1. The fraction of sp³-hybridized carbons (Fsp3) is 0.360. The minimum Gasteiger partial charge on any atom is -0.369 e. The summed E-state index contributed by atoms with van der Waals surface area (Å²) in [5, 5.41) is 12.7. The molecule has 2 aromatic carbocycles. The molecule has 0 aromatic heterocycles. The molecule has 0 fully saturated rings. The summed E-state index contributed by atoms with van der Waals surface area (Å²) in [6, 6.07) is 18.7. The van der Waals surface area contributed by atoms with Crippen molar-refractivity contribution in [3.05, 3.63) is 65.7 Å². The number of nitrogens with two attached hydrogens (primary N) is 1. The average Bonchev–Trinajstić information content (AvgIpc) is 2.74. The molecule has 29 heavy (non-hydrogen) atoms. The third kappa shape index (κ3) is 4.58. The second-order valence-electron chi connectivity index (χ2n) is 8.22. The Morgan fingerprint density at radius 3 is 2.48 bits per heavy atom. The molecule has 0 bridgehead atoms. The molecule has 1 heterocycles. The lowest BCUT2D eigenvalue weighted by Crippen LogP contribution is -2.42. The van der Waals surface area contributed by atoms with Crippen LogP contribution >= 0.6 is 0 Å². The summed E-state index contributed by atoms with van der Waals surface area (Å²) >= 11 is 0. The number of hydrogen-bond donors (Lipinski definition) is 2. The van der Waals surface area contributed by atoms with Gasteiger partial charge in [-0.3, -0.25) is 4.79 Å². The Morgan fingerprint density at radius 2 is 1.90 bits per heavy atom. The largest absolute Gasteiger partial charge is 0.369 e. The minimum atomic E-state index is -0.960. The van der Waals surface area contributed by atoms with Crippen LogP contribution in [0.25, 0.3) is 16.7 Å². The van der Waals surface area contributed by atoms with E-state index in [-0.39, 0.29) is 12.3 Å². The fourth-order valence-corrected chi connectivity index (χ4v) is 4.21. The molecule has 2 aromatic rings. The van der Waals surface area contributed by atoms with Crippen molar-refractivity contribution in [3.63, 3.8) is 0 Å². The molecule has 0 spiro atoms. The Kier molecular flexibility index (Phi) is 6.51. The maximum absolute atomic E-state index is 12.5. The minimum absolute atomic E-state index is 0.0884. The summed E-state index contributed by atoms with van der Waals surface area (Å²) in [4.78, 5) is 12.5. The first-order chi connectivity index (χ1) is 14.0. The highest BCUT2D eigenvalue weighted by Crippen LogP contribution is 2.36. The van der Waals surface area contributed by atoms with E-state index < -0.39 is 11.3 Å². The number of rotatable bonds is 7. The van der Waals surface area contributed by atoms with E-state index in [0.29, 0.717) is 6.42 Å². The SMILES string of the molecule is CC(C)CC(CC#N)(C(N)=O)c1cccc(-c2ccc(C3=CCNCC3)cc2)c1. The first kappa shape index (κ1) is 20.8. The fourth-order valence-electron chi connectivity index (χ4n) is 4.21. The lowest BCUT2D eigenvalue weighted by atomic mass is 9.71. The normalized spacial score (nSPS) is 16.0. The molecule has 0 saturated heterocycles. The Labute approximate surface area is 173 Å². The van der Waals surface area contributed by atoms with Crippen molar-refractivity contribution in [2.24, 2.45) is 11.7 Å². The van der Waals surface area contributed by atoms with Crippen LogP contribution in [0.1, 0.15) is 44.2 Å². The lowest BCUT2D eigenvalue weighted by Gasteiger charge is -2.31. The van der Waals surface area contributed by atoms with Gasteiger partial charge in [-0.05, 0) is 53.1 Å². The van der Waals surface area contributed by atoms with Gasteiger partial charge in [-0.25, -0.2) is 0 Å². The van der Waals surface area contributed by atoms with Gasteiger partial charge in [0, 0.05) is 6.54 Å². The molecular weight excluding hydrogens is 358 g/mol. The van der Waals surface area contributed by atoms with Crippen molar-refractivity contribution in [3.8, 4) is 17.2 Å². The monoisotopic (exact) mass is 387 g/mol. The van der Waals surface area contributed by atoms with Crippen molar-refractivity contribution in [1.29, 1.82) is 5.26 Å². The molecule has 150 valence electrons. The van der Waals surface area contributed by atoms with Crippen molar-refractivity contribution >= 4 is 11.5 Å². The molecule has 1 aliphatic heterocycles.